The second-order valence-corrected chi connectivity index (χ2v) is 7.45. The maximum atomic E-state index is 12.2. The highest BCUT2D eigenvalue weighted by Gasteiger charge is 2.16. The molecule has 0 aromatic carbocycles. The Hall–Kier alpha value is -1.40. The average molecular weight is 370 g/mol. The third kappa shape index (κ3) is 9.92. The molecular formula is C20H35NO5. The summed E-state index contributed by atoms with van der Waals surface area (Å²) < 4.78 is 10.6. The number of carbonyl (C=O) groups is 2. The van der Waals surface area contributed by atoms with E-state index >= 15 is 0 Å². The van der Waals surface area contributed by atoms with Crippen LogP contribution in [-0.4, -0.2) is 61.4 Å². The van der Waals surface area contributed by atoms with E-state index in [1.807, 2.05) is 6.92 Å². The van der Waals surface area contributed by atoms with Gasteiger partial charge in [-0.1, -0.05) is 33.6 Å². The van der Waals surface area contributed by atoms with E-state index in [0.29, 0.717) is 18.9 Å². The predicted molar refractivity (Wildman–Crippen MR) is 101 cm³/mol. The van der Waals surface area contributed by atoms with Crippen LogP contribution in [0.25, 0.3) is 0 Å². The molecule has 1 atom stereocenters. The first-order chi connectivity index (χ1) is 12.4. The lowest BCUT2D eigenvalue weighted by molar-refractivity contribution is -0.141. The van der Waals surface area contributed by atoms with Crippen molar-refractivity contribution in [2.45, 2.75) is 52.9 Å². The van der Waals surface area contributed by atoms with Crippen LogP contribution in [0, 0.1) is 11.8 Å². The molecule has 1 aliphatic rings. The lowest BCUT2D eigenvalue weighted by atomic mass is 9.99. The van der Waals surface area contributed by atoms with Crippen LogP contribution in [0.4, 0.5) is 0 Å². The fourth-order valence-corrected chi connectivity index (χ4v) is 2.70. The van der Waals surface area contributed by atoms with Crippen LogP contribution in [0.2, 0.25) is 0 Å². The molecule has 1 rings (SSSR count). The molecule has 1 heterocycles. The number of esters is 1. The molecule has 150 valence electrons. The first-order valence-electron chi connectivity index (χ1n) is 9.81. The Bertz CT molecular complexity index is 455. The highest BCUT2D eigenvalue weighted by Crippen LogP contribution is 2.15. The molecule has 0 aromatic heterocycles. The number of ether oxygens (including phenoxy) is 2. The Kier molecular flexibility index (Phi) is 11.2. The average Bonchev–Trinajstić information content (AvgIpc) is 2.61. The van der Waals surface area contributed by atoms with Gasteiger partial charge in [0.25, 0.3) is 0 Å². The summed E-state index contributed by atoms with van der Waals surface area (Å²) in [5.41, 5.74) is 0.265. The molecule has 0 aliphatic carbocycles. The largest absolute Gasteiger partial charge is 0.478 e. The lowest BCUT2D eigenvalue weighted by Crippen LogP contribution is -2.36. The molecule has 0 spiro atoms. The van der Waals surface area contributed by atoms with Crippen LogP contribution >= 0.6 is 0 Å². The highest BCUT2D eigenvalue weighted by molar-refractivity contribution is 5.95. The molecule has 1 saturated heterocycles. The fourth-order valence-electron chi connectivity index (χ4n) is 2.70. The van der Waals surface area contributed by atoms with E-state index in [4.69, 9.17) is 14.6 Å². The van der Waals surface area contributed by atoms with Gasteiger partial charge in [-0.25, -0.2) is 9.59 Å². The summed E-state index contributed by atoms with van der Waals surface area (Å²) in [6.07, 6.45) is 5.44. The van der Waals surface area contributed by atoms with Crippen molar-refractivity contribution in [1.82, 2.24) is 4.90 Å². The van der Waals surface area contributed by atoms with Gasteiger partial charge in [0.1, 0.15) is 0 Å². The van der Waals surface area contributed by atoms with Gasteiger partial charge in [0.2, 0.25) is 0 Å². The molecule has 0 radical (unpaired) electrons. The van der Waals surface area contributed by atoms with Gasteiger partial charge in [-0.05, 0) is 37.6 Å². The third-order valence-corrected chi connectivity index (χ3v) is 4.95. The lowest BCUT2D eigenvalue weighted by Gasteiger charge is -2.26. The zero-order valence-electron chi connectivity index (χ0n) is 16.5. The number of carboxylic acid groups (broad SMARTS) is 1. The molecule has 0 saturated carbocycles. The summed E-state index contributed by atoms with van der Waals surface area (Å²) in [5, 5.41) is 8.98. The minimum atomic E-state index is -1.10. The van der Waals surface area contributed by atoms with E-state index in [9.17, 15) is 9.59 Å². The summed E-state index contributed by atoms with van der Waals surface area (Å²) in [6, 6.07) is 0. The standard InChI is InChI=1S/C20H35NO5/c1-16(2)17(3)15-26-20(24)18(14-19(22)23)8-6-4-5-7-9-21-10-12-25-13-11-21/h14,16-17H,4-13,15H2,1-3H3,(H,22,23)/b18-14+. The van der Waals surface area contributed by atoms with Gasteiger partial charge in [-0.2, -0.15) is 0 Å². The van der Waals surface area contributed by atoms with Crippen molar-refractivity contribution in [3.05, 3.63) is 11.6 Å². The summed E-state index contributed by atoms with van der Waals surface area (Å²) in [5.74, 6) is -0.916. The van der Waals surface area contributed by atoms with Crippen LogP contribution in [0.15, 0.2) is 11.6 Å². The Morgan fingerprint density at radius 2 is 1.77 bits per heavy atom. The smallest absolute Gasteiger partial charge is 0.334 e. The zero-order chi connectivity index (χ0) is 19.4. The van der Waals surface area contributed by atoms with Crippen molar-refractivity contribution in [1.29, 1.82) is 0 Å². The van der Waals surface area contributed by atoms with Crippen molar-refractivity contribution < 1.29 is 24.2 Å². The number of unbranched alkanes of at least 4 members (excludes halogenated alkanes) is 3. The summed E-state index contributed by atoms with van der Waals surface area (Å²) >= 11 is 0. The van der Waals surface area contributed by atoms with E-state index in [2.05, 4.69) is 18.7 Å². The SMILES string of the molecule is CC(C)C(C)COC(=O)/C(=C/C(=O)O)CCCCCCN1CCOCC1. The number of hydrogen-bond donors (Lipinski definition) is 1. The summed E-state index contributed by atoms with van der Waals surface area (Å²) in [7, 11) is 0. The highest BCUT2D eigenvalue weighted by atomic mass is 16.5. The third-order valence-electron chi connectivity index (χ3n) is 4.95. The maximum absolute atomic E-state index is 12.2. The predicted octanol–water partition coefficient (Wildman–Crippen LogP) is 3.12. The van der Waals surface area contributed by atoms with Gasteiger partial charge in [0.15, 0.2) is 0 Å². The van der Waals surface area contributed by atoms with Crippen LogP contribution in [0.3, 0.4) is 0 Å². The minimum Gasteiger partial charge on any atom is -0.478 e. The molecule has 0 aromatic rings. The molecular weight excluding hydrogens is 334 g/mol. The van der Waals surface area contributed by atoms with Gasteiger partial charge in [-0.15, -0.1) is 0 Å². The second kappa shape index (κ2) is 12.9. The number of hydrogen-bond acceptors (Lipinski definition) is 5. The molecule has 26 heavy (non-hydrogen) atoms. The second-order valence-electron chi connectivity index (χ2n) is 7.45. The van der Waals surface area contributed by atoms with Gasteiger partial charge < -0.3 is 14.6 Å². The van der Waals surface area contributed by atoms with Crippen molar-refractivity contribution in [2.24, 2.45) is 11.8 Å². The van der Waals surface area contributed by atoms with Gasteiger partial charge in [0, 0.05) is 24.7 Å². The quantitative estimate of drug-likeness (QED) is 0.324. The van der Waals surface area contributed by atoms with Gasteiger partial charge in [0.05, 0.1) is 19.8 Å². The van der Waals surface area contributed by atoms with Crippen molar-refractivity contribution in [3.8, 4) is 0 Å². The Morgan fingerprint density at radius 1 is 1.12 bits per heavy atom. The minimum absolute atomic E-state index is 0.255. The van der Waals surface area contributed by atoms with Crippen LogP contribution in [-0.2, 0) is 19.1 Å². The Labute approximate surface area is 157 Å². The van der Waals surface area contributed by atoms with E-state index in [1.54, 1.807) is 0 Å². The van der Waals surface area contributed by atoms with E-state index < -0.39 is 11.9 Å². The number of carbonyl (C=O) groups excluding carboxylic acids is 1. The number of rotatable bonds is 12. The van der Waals surface area contributed by atoms with E-state index in [-0.39, 0.29) is 11.5 Å². The first-order valence-corrected chi connectivity index (χ1v) is 9.81. The molecule has 1 fully saturated rings. The van der Waals surface area contributed by atoms with Gasteiger partial charge in [-0.3, -0.25) is 4.90 Å². The molecule has 0 bridgehead atoms. The van der Waals surface area contributed by atoms with Crippen molar-refractivity contribution in [2.75, 3.05) is 39.5 Å². The number of nitrogens with zero attached hydrogens (tertiary/aromatic N) is 1. The zero-order valence-corrected chi connectivity index (χ0v) is 16.5. The number of carboxylic acids is 1. The number of morpholine rings is 1. The molecule has 6 heteroatoms. The fraction of sp³-hybridized carbons (Fsp3) is 0.800. The molecule has 1 aliphatic heterocycles. The topological polar surface area (TPSA) is 76.1 Å². The van der Waals surface area contributed by atoms with Crippen LogP contribution in [0.1, 0.15) is 52.9 Å². The Balaban J connectivity index is 2.26. The van der Waals surface area contributed by atoms with Crippen molar-refractivity contribution >= 4 is 11.9 Å². The monoisotopic (exact) mass is 369 g/mol. The maximum Gasteiger partial charge on any atom is 0.334 e. The first kappa shape index (κ1) is 22.6. The van der Waals surface area contributed by atoms with Crippen LogP contribution in [0.5, 0.6) is 0 Å². The molecule has 1 unspecified atom stereocenters. The molecule has 0 amide bonds. The molecule has 1 N–H and O–H groups in total. The van der Waals surface area contributed by atoms with E-state index in [1.165, 1.54) is 0 Å². The van der Waals surface area contributed by atoms with Crippen molar-refractivity contribution in [3.63, 3.8) is 0 Å². The van der Waals surface area contributed by atoms with E-state index in [0.717, 1.165) is 64.6 Å². The normalized spacial score (nSPS) is 17.3. The molecule has 6 nitrogen and oxygen atoms in total. The number of aliphatic carboxylic acids is 1. The van der Waals surface area contributed by atoms with Gasteiger partial charge >= 0.3 is 11.9 Å². The Morgan fingerprint density at radius 3 is 2.38 bits per heavy atom. The summed E-state index contributed by atoms with van der Waals surface area (Å²) in [6.45, 7) is 11.2. The summed E-state index contributed by atoms with van der Waals surface area (Å²) in [4.78, 5) is 25.5. The van der Waals surface area contributed by atoms with Crippen LogP contribution < -0.4 is 0 Å².